The lowest BCUT2D eigenvalue weighted by molar-refractivity contribution is 0.154. The molecule has 2 saturated carbocycles. The number of nitrogens with one attached hydrogen (secondary N) is 1. The van der Waals surface area contributed by atoms with Crippen LogP contribution in [0.3, 0.4) is 0 Å². The fraction of sp³-hybridized carbons (Fsp3) is 1.00. The third-order valence-electron chi connectivity index (χ3n) is 4.44. The molecule has 0 aromatic rings. The van der Waals surface area contributed by atoms with Crippen LogP contribution in [0.15, 0.2) is 0 Å². The smallest absolute Gasteiger partial charge is 0.00964 e. The first-order valence-corrected chi connectivity index (χ1v) is 6.81. The molecule has 3 rings (SSSR count). The molecule has 1 N–H and O–H groups in total. The van der Waals surface area contributed by atoms with E-state index in [0.717, 1.165) is 24.0 Å². The summed E-state index contributed by atoms with van der Waals surface area (Å²) in [6.07, 6.45) is 8.56. The third-order valence-corrected chi connectivity index (χ3v) is 4.44. The molecule has 0 atom stereocenters. The van der Waals surface area contributed by atoms with Gasteiger partial charge in [0, 0.05) is 18.1 Å². The molecule has 0 aromatic carbocycles. The zero-order chi connectivity index (χ0) is 10.3. The molecule has 86 valence electrons. The number of likely N-dealkylation sites (tertiary alicyclic amines) is 1. The minimum Gasteiger partial charge on any atom is -0.311 e. The summed E-state index contributed by atoms with van der Waals surface area (Å²) in [7, 11) is 0. The van der Waals surface area contributed by atoms with Crippen molar-refractivity contribution in [1.82, 2.24) is 10.2 Å². The number of nitrogens with zero attached hydrogens (tertiary/aromatic N) is 1. The lowest BCUT2D eigenvalue weighted by Crippen LogP contribution is -2.50. The summed E-state index contributed by atoms with van der Waals surface area (Å²) in [5.74, 6) is 0.981. The standard InChI is InChI=1S/C13H24N2/c1-10-8-12(9-10)14-11-4-6-15(7-5-11)13-2-3-13/h10-14H,2-9H2,1H3. The van der Waals surface area contributed by atoms with Crippen LogP contribution in [0.2, 0.25) is 0 Å². The average molecular weight is 208 g/mol. The summed E-state index contributed by atoms with van der Waals surface area (Å²) in [5, 5.41) is 3.84. The molecule has 0 aromatic heterocycles. The van der Waals surface area contributed by atoms with Crippen molar-refractivity contribution in [3.63, 3.8) is 0 Å². The topological polar surface area (TPSA) is 15.3 Å². The van der Waals surface area contributed by atoms with E-state index in [1.807, 2.05) is 0 Å². The minimum atomic E-state index is 0.831. The monoisotopic (exact) mass is 208 g/mol. The molecule has 1 aliphatic heterocycles. The van der Waals surface area contributed by atoms with Crippen molar-refractivity contribution in [3.8, 4) is 0 Å². The Hall–Kier alpha value is -0.0800. The lowest BCUT2D eigenvalue weighted by atomic mass is 9.81. The maximum atomic E-state index is 3.84. The summed E-state index contributed by atoms with van der Waals surface area (Å²) >= 11 is 0. The third kappa shape index (κ3) is 2.36. The molecule has 0 spiro atoms. The van der Waals surface area contributed by atoms with Crippen LogP contribution in [-0.4, -0.2) is 36.1 Å². The molecule has 3 fully saturated rings. The van der Waals surface area contributed by atoms with E-state index in [1.54, 1.807) is 0 Å². The number of hydrogen-bond acceptors (Lipinski definition) is 2. The minimum absolute atomic E-state index is 0.831. The highest BCUT2D eigenvalue weighted by Crippen LogP contribution is 2.31. The first kappa shape index (κ1) is 10.1. The summed E-state index contributed by atoms with van der Waals surface area (Å²) < 4.78 is 0. The Bertz CT molecular complexity index is 211. The van der Waals surface area contributed by atoms with Gasteiger partial charge in [0.15, 0.2) is 0 Å². The van der Waals surface area contributed by atoms with E-state index < -0.39 is 0 Å². The van der Waals surface area contributed by atoms with Crippen LogP contribution in [0.4, 0.5) is 0 Å². The van der Waals surface area contributed by atoms with E-state index in [2.05, 4.69) is 17.1 Å². The predicted molar refractivity (Wildman–Crippen MR) is 62.9 cm³/mol. The Morgan fingerprint density at radius 3 is 2.13 bits per heavy atom. The van der Waals surface area contributed by atoms with Gasteiger partial charge < -0.3 is 10.2 Å². The van der Waals surface area contributed by atoms with Crippen molar-refractivity contribution in [2.24, 2.45) is 5.92 Å². The Labute approximate surface area is 93.4 Å². The molecule has 3 aliphatic rings. The molecule has 1 heterocycles. The zero-order valence-electron chi connectivity index (χ0n) is 9.91. The van der Waals surface area contributed by atoms with E-state index in [-0.39, 0.29) is 0 Å². The Morgan fingerprint density at radius 2 is 1.60 bits per heavy atom. The van der Waals surface area contributed by atoms with Crippen molar-refractivity contribution in [3.05, 3.63) is 0 Å². The summed E-state index contributed by atoms with van der Waals surface area (Å²) in [5.41, 5.74) is 0. The molecule has 0 unspecified atom stereocenters. The molecule has 0 radical (unpaired) electrons. The van der Waals surface area contributed by atoms with Crippen molar-refractivity contribution >= 4 is 0 Å². The fourth-order valence-electron chi connectivity index (χ4n) is 3.24. The van der Waals surface area contributed by atoms with E-state index in [0.29, 0.717) is 0 Å². The van der Waals surface area contributed by atoms with Gasteiger partial charge in [0.1, 0.15) is 0 Å². The first-order valence-electron chi connectivity index (χ1n) is 6.81. The van der Waals surface area contributed by atoms with Crippen LogP contribution in [0, 0.1) is 5.92 Å². The highest BCUT2D eigenvalue weighted by molar-refractivity contribution is 4.91. The van der Waals surface area contributed by atoms with E-state index in [4.69, 9.17) is 0 Å². The summed E-state index contributed by atoms with van der Waals surface area (Å²) in [4.78, 5) is 2.71. The predicted octanol–water partition coefficient (Wildman–Crippen LogP) is 2.00. The molecular formula is C13H24N2. The maximum Gasteiger partial charge on any atom is 0.00964 e. The van der Waals surface area contributed by atoms with Gasteiger partial charge in [-0.3, -0.25) is 0 Å². The molecule has 2 aliphatic carbocycles. The van der Waals surface area contributed by atoms with Crippen LogP contribution in [-0.2, 0) is 0 Å². The van der Waals surface area contributed by atoms with Crippen molar-refractivity contribution in [1.29, 1.82) is 0 Å². The molecule has 15 heavy (non-hydrogen) atoms. The second-order valence-corrected chi connectivity index (χ2v) is 5.98. The SMILES string of the molecule is CC1CC(NC2CCN(C3CC3)CC2)C1. The van der Waals surface area contributed by atoms with E-state index >= 15 is 0 Å². The van der Waals surface area contributed by atoms with Gasteiger partial charge in [-0.05, 0) is 57.5 Å². The van der Waals surface area contributed by atoms with Gasteiger partial charge in [-0.1, -0.05) is 6.92 Å². The normalized spacial score (nSPS) is 39.0. The molecule has 1 saturated heterocycles. The number of piperidine rings is 1. The first-order chi connectivity index (χ1) is 7.31. The van der Waals surface area contributed by atoms with Crippen molar-refractivity contribution < 1.29 is 0 Å². The van der Waals surface area contributed by atoms with Crippen LogP contribution in [0.25, 0.3) is 0 Å². The van der Waals surface area contributed by atoms with Crippen LogP contribution in [0.1, 0.15) is 45.4 Å². The Kier molecular flexibility index (Phi) is 2.73. The van der Waals surface area contributed by atoms with Gasteiger partial charge in [-0.2, -0.15) is 0 Å². The largest absolute Gasteiger partial charge is 0.311 e. The number of hydrogen-bond donors (Lipinski definition) is 1. The maximum absolute atomic E-state index is 3.84. The van der Waals surface area contributed by atoms with E-state index in [1.165, 1.54) is 51.6 Å². The average Bonchev–Trinajstić information content (AvgIpc) is 3.00. The van der Waals surface area contributed by atoms with Crippen LogP contribution >= 0.6 is 0 Å². The highest BCUT2D eigenvalue weighted by Gasteiger charge is 2.33. The van der Waals surface area contributed by atoms with Crippen LogP contribution < -0.4 is 5.32 Å². The number of rotatable bonds is 3. The van der Waals surface area contributed by atoms with Gasteiger partial charge in [-0.25, -0.2) is 0 Å². The molecular weight excluding hydrogens is 184 g/mol. The summed E-state index contributed by atoms with van der Waals surface area (Å²) in [6, 6.07) is 2.67. The Morgan fingerprint density at radius 1 is 0.933 bits per heavy atom. The molecule has 0 bridgehead atoms. The van der Waals surface area contributed by atoms with Crippen molar-refractivity contribution in [2.75, 3.05) is 13.1 Å². The van der Waals surface area contributed by atoms with Crippen molar-refractivity contribution in [2.45, 2.75) is 63.6 Å². The molecule has 2 nitrogen and oxygen atoms in total. The van der Waals surface area contributed by atoms with Gasteiger partial charge in [0.25, 0.3) is 0 Å². The van der Waals surface area contributed by atoms with Gasteiger partial charge in [0.2, 0.25) is 0 Å². The zero-order valence-corrected chi connectivity index (χ0v) is 9.91. The van der Waals surface area contributed by atoms with E-state index in [9.17, 15) is 0 Å². The van der Waals surface area contributed by atoms with Gasteiger partial charge in [0.05, 0.1) is 0 Å². The highest BCUT2D eigenvalue weighted by atomic mass is 15.2. The second kappa shape index (κ2) is 4.06. The quantitative estimate of drug-likeness (QED) is 0.763. The summed E-state index contributed by atoms with van der Waals surface area (Å²) in [6.45, 7) is 5.07. The lowest BCUT2D eigenvalue weighted by Gasteiger charge is -2.39. The molecule has 0 amide bonds. The Balaban J connectivity index is 1.38. The molecule has 2 heteroatoms. The fourth-order valence-corrected chi connectivity index (χ4v) is 3.24. The van der Waals surface area contributed by atoms with Gasteiger partial charge >= 0.3 is 0 Å². The van der Waals surface area contributed by atoms with Crippen LogP contribution in [0.5, 0.6) is 0 Å². The van der Waals surface area contributed by atoms with Gasteiger partial charge in [-0.15, -0.1) is 0 Å². The second-order valence-electron chi connectivity index (χ2n) is 5.98.